The van der Waals surface area contributed by atoms with Crippen molar-refractivity contribution in [1.29, 1.82) is 0 Å². The van der Waals surface area contributed by atoms with Crippen LogP contribution in [0.2, 0.25) is 0 Å². The summed E-state index contributed by atoms with van der Waals surface area (Å²) in [5.41, 5.74) is 1.29. The number of thiazole rings is 1. The van der Waals surface area contributed by atoms with Crippen LogP contribution in [-0.4, -0.2) is 46.7 Å². The number of hydrogen-bond acceptors (Lipinski definition) is 10. The minimum absolute atomic E-state index is 0.00124. The van der Waals surface area contributed by atoms with E-state index in [1.54, 1.807) is 36.8 Å². The number of nitrogens with one attached hydrogen (secondary N) is 1. The Labute approximate surface area is 186 Å². The predicted molar refractivity (Wildman–Crippen MR) is 117 cm³/mol. The van der Waals surface area contributed by atoms with Gasteiger partial charge in [0.05, 0.1) is 32.6 Å². The molecule has 0 saturated carbocycles. The van der Waals surface area contributed by atoms with E-state index in [4.69, 9.17) is 9.47 Å². The first-order valence-electron chi connectivity index (χ1n) is 8.64. The Hall–Kier alpha value is -2.96. The van der Waals surface area contributed by atoms with Crippen LogP contribution in [0.1, 0.15) is 25.6 Å². The number of anilines is 1. The van der Waals surface area contributed by atoms with Gasteiger partial charge >= 0.3 is 11.9 Å². The van der Waals surface area contributed by atoms with Gasteiger partial charge in [0.1, 0.15) is 10.6 Å². The molecule has 0 saturated heterocycles. The molecule has 12 heteroatoms. The molecule has 1 N–H and O–H groups in total. The van der Waals surface area contributed by atoms with E-state index in [0.717, 1.165) is 24.0 Å². The van der Waals surface area contributed by atoms with Crippen LogP contribution in [0.3, 0.4) is 0 Å². The first-order chi connectivity index (χ1) is 14.7. The summed E-state index contributed by atoms with van der Waals surface area (Å²) in [7, 11) is -0.377. The second-order valence-corrected chi connectivity index (χ2v) is 9.83. The molecule has 0 fully saturated rings. The maximum absolute atomic E-state index is 13.0. The van der Waals surface area contributed by atoms with Crippen molar-refractivity contribution in [2.75, 3.05) is 26.1 Å². The van der Waals surface area contributed by atoms with Crippen molar-refractivity contribution < 1.29 is 32.2 Å². The first-order valence-corrected chi connectivity index (χ1v) is 11.8. The molecule has 2 aromatic heterocycles. The lowest BCUT2D eigenvalue weighted by molar-refractivity contribution is 0.0596. The Bertz CT molecular complexity index is 1230. The number of esters is 2. The summed E-state index contributed by atoms with van der Waals surface area (Å²) < 4.78 is 42.6. The van der Waals surface area contributed by atoms with E-state index >= 15 is 0 Å². The molecular weight excluding hydrogens is 464 g/mol. The van der Waals surface area contributed by atoms with Gasteiger partial charge in [-0.3, -0.25) is 4.72 Å². The lowest BCUT2D eigenvalue weighted by Crippen LogP contribution is -2.16. The molecule has 9 nitrogen and oxygen atoms in total. The van der Waals surface area contributed by atoms with Gasteiger partial charge in [0, 0.05) is 10.9 Å². The van der Waals surface area contributed by atoms with Crippen LogP contribution in [0.15, 0.2) is 33.9 Å². The maximum atomic E-state index is 13.0. The first kappa shape index (κ1) is 22.7. The van der Waals surface area contributed by atoms with Gasteiger partial charge in [-0.15, -0.1) is 22.7 Å². The normalized spacial score (nSPS) is 11.1. The molecule has 2 heterocycles. The quantitative estimate of drug-likeness (QED) is 0.508. The number of benzene rings is 1. The Balaban J connectivity index is 1.96. The zero-order valence-electron chi connectivity index (χ0n) is 16.9. The van der Waals surface area contributed by atoms with E-state index in [1.807, 2.05) is 0 Å². The molecule has 0 aliphatic rings. The lowest BCUT2D eigenvalue weighted by atomic mass is 10.2. The summed E-state index contributed by atoms with van der Waals surface area (Å²) in [6, 6.07) is 7.13. The van der Waals surface area contributed by atoms with Crippen LogP contribution < -0.4 is 9.46 Å². The Morgan fingerprint density at radius 3 is 2.26 bits per heavy atom. The van der Waals surface area contributed by atoms with Crippen molar-refractivity contribution in [2.24, 2.45) is 0 Å². The van der Waals surface area contributed by atoms with Gasteiger partial charge in [0.25, 0.3) is 10.0 Å². The highest BCUT2D eigenvalue weighted by molar-refractivity contribution is 7.95. The average molecular weight is 483 g/mol. The Kier molecular flexibility index (Phi) is 6.62. The molecule has 0 amide bonds. The highest BCUT2D eigenvalue weighted by Crippen LogP contribution is 2.35. The molecule has 0 unspecified atom stereocenters. The van der Waals surface area contributed by atoms with Crippen LogP contribution in [0.25, 0.3) is 11.3 Å². The molecule has 3 rings (SSSR count). The summed E-state index contributed by atoms with van der Waals surface area (Å²) in [4.78, 5) is 28.5. The highest BCUT2D eigenvalue weighted by atomic mass is 32.2. The van der Waals surface area contributed by atoms with Crippen LogP contribution in [-0.2, 0) is 19.5 Å². The molecule has 0 bridgehead atoms. The van der Waals surface area contributed by atoms with E-state index in [0.29, 0.717) is 22.8 Å². The van der Waals surface area contributed by atoms with Gasteiger partial charge in [-0.05, 0) is 36.8 Å². The van der Waals surface area contributed by atoms with Gasteiger partial charge < -0.3 is 14.2 Å². The van der Waals surface area contributed by atoms with Crippen molar-refractivity contribution in [3.8, 4) is 17.0 Å². The number of hydrogen-bond donors (Lipinski definition) is 1. The van der Waals surface area contributed by atoms with Gasteiger partial charge in [-0.1, -0.05) is 0 Å². The number of ether oxygens (including phenoxy) is 3. The summed E-state index contributed by atoms with van der Waals surface area (Å²) >= 11 is 1.71. The topological polar surface area (TPSA) is 121 Å². The van der Waals surface area contributed by atoms with Crippen molar-refractivity contribution >= 4 is 49.8 Å². The summed E-state index contributed by atoms with van der Waals surface area (Å²) in [5, 5.41) is 1.80. The number of sulfonamides is 1. The minimum atomic E-state index is -4.23. The molecule has 31 heavy (non-hydrogen) atoms. The average Bonchev–Trinajstić information content (AvgIpc) is 3.37. The standard InChI is InChI=1S/C19H18N2O7S3/c1-10-14(16(22)27-3)18(30-15(10)17(23)28-4)31(24,25)21-19-20-13(9-29-19)11-5-7-12(26-2)8-6-11/h5-9H,1-4H3,(H,20,21). The van der Waals surface area contributed by atoms with Crippen molar-refractivity contribution in [1.82, 2.24) is 4.98 Å². The van der Waals surface area contributed by atoms with Gasteiger partial charge in [-0.25, -0.2) is 23.0 Å². The summed E-state index contributed by atoms with van der Waals surface area (Å²) in [6.07, 6.45) is 0. The predicted octanol–water partition coefficient (Wildman–Crippen LogP) is 3.56. The van der Waals surface area contributed by atoms with Gasteiger partial charge in [0.2, 0.25) is 0 Å². The second kappa shape index (κ2) is 9.04. The Morgan fingerprint density at radius 1 is 1.03 bits per heavy atom. The summed E-state index contributed by atoms with van der Waals surface area (Å²) in [6.45, 7) is 1.46. The van der Waals surface area contributed by atoms with Crippen LogP contribution in [0.4, 0.5) is 5.13 Å². The molecule has 0 radical (unpaired) electrons. The van der Waals surface area contributed by atoms with Crippen molar-refractivity contribution in [3.05, 3.63) is 45.6 Å². The van der Waals surface area contributed by atoms with Gasteiger partial charge in [-0.2, -0.15) is 0 Å². The van der Waals surface area contributed by atoms with Gasteiger partial charge in [0.15, 0.2) is 9.34 Å². The zero-order valence-corrected chi connectivity index (χ0v) is 19.4. The van der Waals surface area contributed by atoms with E-state index in [1.165, 1.54) is 14.0 Å². The summed E-state index contributed by atoms with van der Waals surface area (Å²) in [5.74, 6) is -0.933. The fraction of sp³-hybridized carbons (Fsp3) is 0.211. The zero-order chi connectivity index (χ0) is 22.8. The molecule has 0 aliphatic heterocycles. The fourth-order valence-electron chi connectivity index (χ4n) is 2.68. The maximum Gasteiger partial charge on any atom is 0.348 e. The lowest BCUT2D eigenvalue weighted by Gasteiger charge is -2.06. The van der Waals surface area contributed by atoms with Crippen molar-refractivity contribution in [3.63, 3.8) is 0 Å². The van der Waals surface area contributed by atoms with Crippen LogP contribution in [0.5, 0.6) is 5.75 Å². The third-order valence-corrected chi connectivity index (χ3v) is 8.25. The molecule has 0 aliphatic carbocycles. The second-order valence-electron chi connectivity index (χ2n) is 6.07. The SMILES string of the molecule is COC(=O)c1sc(S(=O)(=O)Nc2nc(-c3ccc(OC)cc3)cs2)c(C(=O)OC)c1C. The number of thiophene rings is 1. The number of aromatic nitrogens is 1. The molecule has 3 aromatic rings. The van der Waals surface area contributed by atoms with Crippen LogP contribution in [0, 0.1) is 6.92 Å². The number of carbonyl (C=O) groups is 2. The number of nitrogens with zero attached hydrogens (tertiary/aromatic N) is 1. The van der Waals surface area contributed by atoms with Crippen molar-refractivity contribution in [2.45, 2.75) is 11.1 Å². The fourth-order valence-corrected chi connectivity index (χ4v) is 6.40. The molecule has 0 spiro atoms. The van der Waals surface area contributed by atoms with E-state index < -0.39 is 22.0 Å². The number of rotatable bonds is 7. The third-order valence-electron chi connectivity index (χ3n) is 4.23. The Morgan fingerprint density at radius 2 is 1.68 bits per heavy atom. The number of carbonyl (C=O) groups excluding carboxylic acids is 2. The van der Waals surface area contributed by atoms with E-state index in [9.17, 15) is 18.0 Å². The minimum Gasteiger partial charge on any atom is -0.497 e. The molecular formula is C19H18N2O7S3. The smallest absolute Gasteiger partial charge is 0.348 e. The highest BCUT2D eigenvalue weighted by Gasteiger charge is 2.33. The molecule has 164 valence electrons. The molecule has 0 atom stereocenters. The molecule has 1 aromatic carbocycles. The van der Waals surface area contributed by atoms with E-state index in [2.05, 4.69) is 14.4 Å². The van der Waals surface area contributed by atoms with E-state index in [-0.39, 0.29) is 25.3 Å². The largest absolute Gasteiger partial charge is 0.497 e. The van der Waals surface area contributed by atoms with Crippen LogP contribution >= 0.6 is 22.7 Å². The third kappa shape index (κ3) is 4.55. The number of methoxy groups -OCH3 is 3. The monoisotopic (exact) mass is 482 g/mol.